The van der Waals surface area contributed by atoms with E-state index in [2.05, 4.69) is 31.2 Å². The van der Waals surface area contributed by atoms with Crippen LogP contribution in [-0.4, -0.2) is 27.9 Å². The monoisotopic (exact) mass is 491 g/mol. The van der Waals surface area contributed by atoms with Crippen LogP contribution in [-0.2, 0) is 16.1 Å². The lowest BCUT2D eigenvalue weighted by Crippen LogP contribution is -2.45. The van der Waals surface area contributed by atoms with E-state index in [-0.39, 0.29) is 29.8 Å². The number of H-pyrrole nitrogens is 1. The first-order valence-corrected chi connectivity index (χ1v) is 11.0. The van der Waals surface area contributed by atoms with Crippen LogP contribution < -0.4 is 10.9 Å². The summed E-state index contributed by atoms with van der Waals surface area (Å²) in [6.45, 7) is 7.26. The summed E-state index contributed by atoms with van der Waals surface area (Å²) in [4.78, 5) is 46.3. The summed E-state index contributed by atoms with van der Waals surface area (Å²) in [5.74, 6) is -0.898. The molecular weight excluding hydrogens is 470 g/mol. The fraction of sp³-hybridized carbons (Fsp3) is 0.333. The van der Waals surface area contributed by atoms with Crippen LogP contribution in [0.4, 0.5) is 0 Å². The number of fused-ring (bicyclic) bond motifs is 1. The number of thiophene rings is 1. The SMILES string of the molecule is Cc1sc2nc(COC(=O)[C@@H](NC(=O)c3ccccc3Br)C(C)C)[nH]c(=O)c2c1C. The quantitative estimate of drug-likeness (QED) is 0.509. The number of aryl methyl sites for hydroxylation is 2. The molecule has 0 spiro atoms. The van der Waals surface area contributed by atoms with Gasteiger partial charge in [-0.2, -0.15) is 0 Å². The van der Waals surface area contributed by atoms with E-state index in [0.29, 0.717) is 20.3 Å². The highest BCUT2D eigenvalue weighted by Crippen LogP contribution is 2.25. The largest absolute Gasteiger partial charge is 0.456 e. The van der Waals surface area contributed by atoms with E-state index in [0.717, 1.165) is 10.4 Å². The predicted octanol–water partition coefficient (Wildman–Crippen LogP) is 3.86. The topological polar surface area (TPSA) is 101 Å². The van der Waals surface area contributed by atoms with Gasteiger partial charge in [0.2, 0.25) is 0 Å². The second kappa shape index (κ2) is 9.09. The summed E-state index contributed by atoms with van der Waals surface area (Å²) in [6, 6.07) is 6.12. The minimum absolute atomic E-state index is 0.186. The normalized spacial score (nSPS) is 12.2. The van der Waals surface area contributed by atoms with Crippen LogP contribution in [0.2, 0.25) is 0 Å². The second-order valence-electron chi connectivity index (χ2n) is 7.26. The van der Waals surface area contributed by atoms with E-state index in [1.165, 1.54) is 11.3 Å². The average Bonchev–Trinajstić information content (AvgIpc) is 2.98. The van der Waals surface area contributed by atoms with Crippen molar-refractivity contribution < 1.29 is 14.3 Å². The molecule has 1 aromatic carbocycles. The molecule has 3 aromatic rings. The van der Waals surface area contributed by atoms with Crippen molar-refractivity contribution in [3.8, 4) is 0 Å². The number of carbonyl (C=O) groups excluding carboxylic acids is 2. The molecule has 0 fully saturated rings. The Balaban J connectivity index is 1.73. The predicted molar refractivity (Wildman–Crippen MR) is 120 cm³/mol. The van der Waals surface area contributed by atoms with E-state index < -0.39 is 12.0 Å². The number of hydrogen-bond acceptors (Lipinski definition) is 6. The van der Waals surface area contributed by atoms with Gasteiger partial charge in [0.05, 0.1) is 10.9 Å². The molecule has 30 heavy (non-hydrogen) atoms. The van der Waals surface area contributed by atoms with Gasteiger partial charge in [-0.05, 0) is 53.4 Å². The van der Waals surface area contributed by atoms with Crippen molar-refractivity contribution >= 4 is 49.4 Å². The van der Waals surface area contributed by atoms with Crippen molar-refractivity contribution in [2.45, 2.75) is 40.3 Å². The molecule has 0 saturated carbocycles. The van der Waals surface area contributed by atoms with Gasteiger partial charge in [-0.15, -0.1) is 11.3 Å². The van der Waals surface area contributed by atoms with Crippen molar-refractivity contribution in [2.24, 2.45) is 5.92 Å². The minimum Gasteiger partial charge on any atom is -0.456 e. The molecule has 0 radical (unpaired) electrons. The maximum Gasteiger partial charge on any atom is 0.329 e. The molecule has 1 amide bonds. The molecule has 7 nitrogen and oxygen atoms in total. The van der Waals surface area contributed by atoms with Crippen molar-refractivity contribution in [1.82, 2.24) is 15.3 Å². The second-order valence-corrected chi connectivity index (χ2v) is 9.32. The number of aromatic nitrogens is 2. The van der Waals surface area contributed by atoms with Gasteiger partial charge in [0.25, 0.3) is 11.5 Å². The Morgan fingerprint density at radius 2 is 1.97 bits per heavy atom. The first-order valence-electron chi connectivity index (χ1n) is 9.40. The third-order valence-electron chi connectivity index (χ3n) is 4.76. The number of amides is 1. The van der Waals surface area contributed by atoms with E-state index >= 15 is 0 Å². The van der Waals surface area contributed by atoms with E-state index in [1.807, 2.05) is 27.7 Å². The maximum atomic E-state index is 12.7. The molecule has 0 aliphatic rings. The van der Waals surface area contributed by atoms with Crippen LogP contribution in [0.3, 0.4) is 0 Å². The third-order valence-corrected chi connectivity index (χ3v) is 6.56. The van der Waals surface area contributed by atoms with Gasteiger partial charge in [0.1, 0.15) is 23.3 Å². The molecular formula is C21H22BrN3O4S. The van der Waals surface area contributed by atoms with Crippen LogP contribution in [0.25, 0.3) is 10.2 Å². The molecule has 0 aliphatic heterocycles. The molecule has 2 aromatic heterocycles. The Kier molecular flexibility index (Phi) is 6.72. The number of carbonyl (C=O) groups is 2. The molecule has 0 bridgehead atoms. The van der Waals surface area contributed by atoms with Crippen molar-refractivity contribution in [2.75, 3.05) is 0 Å². The zero-order valence-electron chi connectivity index (χ0n) is 17.0. The first kappa shape index (κ1) is 22.2. The fourth-order valence-electron chi connectivity index (χ4n) is 2.96. The summed E-state index contributed by atoms with van der Waals surface area (Å²) in [6.07, 6.45) is 0. The lowest BCUT2D eigenvalue weighted by atomic mass is 10.0. The smallest absolute Gasteiger partial charge is 0.329 e. The molecule has 3 rings (SSSR count). The van der Waals surface area contributed by atoms with E-state index in [9.17, 15) is 14.4 Å². The molecule has 0 unspecified atom stereocenters. The van der Waals surface area contributed by atoms with Gasteiger partial charge in [0.15, 0.2) is 0 Å². The fourth-order valence-corrected chi connectivity index (χ4v) is 4.47. The summed E-state index contributed by atoms with van der Waals surface area (Å²) in [7, 11) is 0. The van der Waals surface area contributed by atoms with Crippen LogP contribution in [0.5, 0.6) is 0 Å². The third kappa shape index (κ3) is 4.62. The Bertz CT molecular complexity index is 1170. The minimum atomic E-state index is -0.841. The highest BCUT2D eigenvalue weighted by molar-refractivity contribution is 9.10. The van der Waals surface area contributed by atoms with E-state index in [4.69, 9.17) is 4.74 Å². The van der Waals surface area contributed by atoms with Crippen LogP contribution in [0.1, 0.15) is 40.5 Å². The Morgan fingerprint density at radius 1 is 1.27 bits per heavy atom. The van der Waals surface area contributed by atoms with Gasteiger partial charge in [-0.1, -0.05) is 26.0 Å². The summed E-state index contributed by atoms with van der Waals surface area (Å²) in [5.41, 5.74) is 1.08. The van der Waals surface area contributed by atoms with E-state index in [1.54, 1.807) is 24.3 Å². The number of nitrogens with one attached hydrogen (secondary N) is 2. The number of ether oxygens (including phenoxy) is 1. The average molecular weight is 492 g/mol. The van der Waals surface area contributed by atoms with Crippen LogP contribution in [0.15, 0.2) is 33.5 Å². The van der Waals surface area contributed by atoms with Gasteiger partial charge in [0, 0.05) is 9.35 Å². The first-order chi connectivity index (χ1) is 14.2. The lowest BCUT2D eigenvalue weighted by molar-refractivity contribution is -0.148. The number of benzene rings is 1. The Morgan fingerprint density at radius 3 is 2.63 bits per heavy atom. The number of halogens is 1. The van der Waals surface area contributed by atoms with Crippen molar-refractivity contribution in [1.29, 1.82) is 0 Å². The standard InChI is InChI=1S/C21H22BrN3O4S/c1-10(2)17(25-18(26)13-7-5-6-8-14(13)22)21(28)29-9-15-23-19(27)16-11(3)12(4)30-20(16)24-15/h5-8,10,17H,9H2,1-4H3,(H,25,26)(H,23,24,27)/t17-/m0/s1. The molecule has 2 heterocycles. The zero-order valence-corrected chi connectivity index (χ0v) is 19.4. The highest BCUT2D eigenvalue weighted by atomic mass is 79.9. The molecule has 0 saturated heterocycles. The number of nitrogens with zero attached hydrogens (tertiary/aromatic N) is 1. The number of aromatic amines is 1. The van der Waals surface area contributed by atoms with Crippen LogP contribution >= 0.6 is 27.3 Å². The maximum absolute atomic E-state index is 12.7. The molecule has 1 atom stereocenters. The molecule has 0 aliphatic carbocycles. The number of rotatable bonds is 6. The number of hydrogen-bond donors (Lipinski definition) is 2. The van der Waals surface area contributed by atoms with Gasteiger partial charge < -0.3 is 15.0 Å². The highest BCUT2D eigenvalue weighted by Gasteiger charge is 2.27. The lowest BCUT2D eigenvalue weighted by Gasteiger charge is -2.21. The summed E-state index contributed by atoms with van der Waals surface area (Å²) in [5, 5.41) is 3.29. The van der Waals surface area contributed by atoms with Gasteiger partial charge >= 0.3 is 5.97 Å². The van der Waals surface area contributed by atoms with Crippen molar-refractivity contribution in [3.63, 3.8) is 0 Å². The van der Waals surface area contributed by atoms with Crippen molar-refractivity contribution in [3.05, 3.63) is 60.9 Å². The summed E-state index contributed by atoms with van der Waals surface area (Å²) < 4.78 is 6.00. The molecule has 158 valence electrons. The summed E-state index contributed by atoms with van der Waals surface area (Å²) >= 11 is 4.76. The van der Waals surface area contributed by atoms with Crippen LogP contribution in [0, 0.1) is 19.8 Å². The van der Waals surface area contributed by atoms with Gasteiger partial charge in [-0.25, -0.2) is 9.78 Å². The van der Waals surface area contributed by atoms with Gasteiger partial charge in [-0.3, -0.25) is 9.59 Å². The number of esters is 1. The molecule has 9 heteroatoms. The zero-order chi connectivity index (χ0) is 22.0. The molecule has 2 N–H and O–H groups in total. The Hall–Kier alpha value is -2.52. The Labute approximate surface area is 186 Å².